The van der Waals surface area contributed by atoms with Crippen LogP contribution in [0.4, 0.5) is 0 Å². The van der Waals surface area contributed by atoms with Gasteiger partial charge in [-0.1, -0.05) is 165 Å². The molecule has 0 bridgehead atoms. The molecular weight excluding hydrogens is 789 g/mol. The molecule has 13 heteroatoms. The van der Waals surface area contributed by atoms with E-state index in [1.165, 1.54) is 96.3 Å². The number of aliphatic hydroxyl groups excluding tert-OH is 3. The van der Waals surface area contributed by atoms with Crippen molar-refractivity contribution < 1.29 is 56.8 Å². The quantitative estimate of drug-likeness (QED) is 0.0200. The van der Waals surface area contributed by atoms with Crippen molar-refractivity contribution in [2.24, 2.45) is 0 Å². The zero-order valence-electron chi connectivity index (χ0n) is 37.1. The highest BCUT2D eigenvalue weighted by Crippen LogP contribution is 2.24. The van der Waals surface area contributed by atoms with Crippen molar-refractivity contribution in [3.63, 3.8) is 0 Å². The molecule has 4 N–H and O–H groups in total. The van der Waals surface area contributed by atoms with Gasteiger partial charge in [0, 0.05) is 12.8 Å². The van der Waals surface area contributed by atoms with E-state index in [1.54, 1.807) is 0 Å². The number of esters is 2. The summed E-state index contributed by atoms with van der Waals surface area (Å²) in [5.74, 6) is -2.06. The SMILES string of the molecule is CCCCCCCCC/C=C/C/C=C/C/C=C/C/C=C/CCCC(=O)OC[C@H](CO[C@H]1O[C@H](CS(=O)(=O)O)[C@@H](O)C(O)C1O)OC(=O)CCCCCCCCCCCCC. The van der Waals surface area contributed by atoms with Gasteiger partial charge in [0.15, 0.2) is 12.4 Å². The summed E-state index contributed by atoms with van der Waals surface area (Å²) in [4.78, 5) is 25.3. The molecule has 1 aliphatic rings. The van der Waals surface area contributed by atoms with Crippen LogP contribution in [0.2, 0.25) is 0 Å². The van der Waals surface area contributed by atoms with Crippen LogP contribution in [0.25, 0.3) is 0 Å². The van der Waals surface area contributed by atoms with Crippen LogP contribution >= 0.6 is 0 Å². The maximum Gasteiger partial charge on any atom is 0.306 e. The number of carbonyl (C=O) groups excluding carboxylic acids is 2. The van der Waals surface area contributed by atoms with E-state index in [0.29, 0.717) is 19.3 Å². The van der Waals surface area contributed by atoms with Crippen molar-refractivity contribution in [1.82, 2.24) is 0 Å². The summed E-state index contributed by atoms with van der Waals surface area (Å²) in [6.45, 7) is 3.69. The van der Waals surface area contributed by atoms with E-state index in [-0.39, 0.29) is 19.4 Å². The Hall–Kier alpha value is -2.39. The van der Waals surface area contributed by atoms with E-state index in [4.69, 9.17) is 18.9 Å². The monoisotopic (exact) mass is 871 g/mol. The van der Waals surface area contributed by atoms with E-state index >= 15 is 0 Å². The first-order valence-corrected chi connectivity index (χ1v) is 24.8. The first-order valence-electron chi connectivity index (χ1n) is 23.2. The Morgan fingerprint density at radius 2 is 1.02 bits per heavy atom. The lowest BCUT2D eigenvalue weighted by Gasteiger charge is -2.40. The first kappa shape index (κ1) is 55.6. The summed E-state index contributed by atoms with van der Waals surface area (Å²) in [5, 5.41) is 30.8. The highest BCUT2D eigenvalue weighted by molar-refractivity contribution is 7.85. The molecule has 1 aliphatic heterocycles. The van der Waals surface area contributed by atoms with Gasteiger partial charge in [0.25, 0.3) is 10.1 Å². The van der Waals surface area contributed by atoms with Gasteiger partial charge in [0.2, 0.25) is 0 Å². The molecule has 2 unspecified atom stereocenters. The lowest BCUT2D eigenvalue weighted by Crippen LogP contribution is -2.60. The van der Waals surface area contributed by atoms with E-state index in [9.17, 15) is 37.9 Å². The van der Waals surface area contributed by atoms with Gasteiger partial charge in [0.1, 0.15) is 36.8 Å². The second-order valence-electron chi connectivity index (χ2n) is 16.1. The van der Waals surface area contributed by atoms with Crippen molar-refractivity contribution in [3.8, 4) is 0 Å². The van der Waals surface area contributed by atoms with Crippen LogP contribution in [0.5, 0.6) is 0 Å². The summed E-state index contributed by atoms with van der Waals surface area (Å²) in [5.41, 5.74) is 0. The topological polar surface area (TPSA) is 186 Å². The van der Waals surface area contributed by atoms with Crippen LogP contribution in [0.15, 0.2) is 48.6 Å². The first-order chi connectivity index (χ1) is 29.0. The number of hydrogen-bond acceptors (Lipinski definition) is 11. The zero-order valence-corrected chi connectivity index (χ0v) is 37.9. The van der Waals surface area contributed by atoms with Gasteiger partial charge in [0.05, 0.1) is 6.61 Å². The van der Waals surface area contributed by atoms with E-state index < -0.39 is 71.2 Å². The lowest BCUT2D eigenvalue weighted by molar-refractivity contribution is -0.297. The van der Waals surface area contributed by atoms with Crippen molar-refractivity contribution in [2.75, 3.05) is 19.0 Å². The maximum absolute atomic E-state index is 12.8. The predicted molar refractivity (Wildman–Crippen MR) is 238 cm³/mol. The van der Waals surface area contributed by atoms with Crippen LogP contribution < -0.4 is 0 Å². The fourth-order valence-electron chi connectivity index (χ4n) is 6.79. The number of carbonyl (C=O) groups is 2. The van der Waals surface area contributed by atoms with Crippen molar-refractivity contribution in [2.45, 2.75) is 218 Å². The number of ether oxygens (including phenoxy) is 4. The fourth-order valence-corrected chi connectivity index (χ4v) is 7.48. The third-order valence-electron chi connectivity index (χ3n) is 10.4. The highest BCUT2D eigenvalue weighted by Gasteiger charge is 2.46. The van der Waals surface area contributed by atoms with Crippen LogP contribution in [0, 0.1) is 0 Å². The molecule has 0 spiro atoms. The van der Waals surface area contributed by atoms with Crippen LogP contribution in [-0.4, -0.2) is 96.0 Å². The molecule has 60 heavy (non-hydrogen) atoms. The van der Waals surface area contributed by atoms with Gasteiger partial charge >= 0.3 is 11.9 Å². The molecule has 6 atom stereocenters. The number of rotatable bonds is 38. The largest absolute Gasteiger partial charge is 0.462 e. The molecule has 0 amide bonds. The number of allylic oxidation sites excluding steroid dienone is 8. The Labute approximate surface area is 363 Å². The average molecular weight is 871 g/mol. The van der Waals surface area contributed by atoms with Gasteiger partial charge in [-0.05, 0) is 51.4 Å². The smallest absolute Gasteiger partial charge is 0.306 e. The molecule has 0 radical (unpaired) electrons. The molecule has 0 aromatic heterocycles. The Morgan fingerprint density at radius 1 is 0.567 bits per heavy atom. The van der Waals surface area contributed by atoms with Gasteiger partial charge in [-0.2, -0.15) is 8.42 Å². The molecule has 0 aliphatic carbocycles. The Bertz CT molecular complexity index is 1300. The third-order valence-corrected chi connectivity index (χ3v) is 11.2. The normalized spacial score (nSPS) is 20.5. The summed E-state index contributed by atoms with van der Waals surface area (Å²) < 4.78 is 54.0. The van der Waals surface area contributed by atoms with E-state index in [0.717, 1.165) is 38.5 Å². The van der Waals surface area contributed by atoms with Crippen molar-refractivity contribution in [1.29, 1.82) is 0 Å². The second kappa shape index (κ2) is 37.2. The summed E-state index contributed by atoms with van der Waals surface area (Å²) in [6.07, 6.45) is 34.6. The minimum absolute atomic E-state index is 0.143. The Kier molecular flexibility index (Phi) is 34.5. The summed E-state index contributed by atoms with van der Waals surface area (Å²) in [6, 6.07) is 0. The molecule has 1 rings (SSSR count). The number of hydrogen-bond donors (Lipinski definition) is 4. The zero-order chi connectivity index (χ0) is 44.1. The number of unbranched alkanes of at least 4 members (excludes halogenated alkanes) is 18. The number of aliphatic hydroxyl groups is 3. The van der Waals surface area contributed by atoms with Gasteiger partial charge in [-0.3, -0.25) is 14.1 Å². The minimum atomic E-state index is -4.61. The molecule has 0 aromatic carbocycles. The standard InChI is InChI=1S/C47H82O12S/c1-3-5-7-9-11-13-15-16-17-18-19-20-21-22-23-24-26-27-29-31-33-35-42(48)56-37-40(58-43(49)36-34-32-30-28-25-14-12-10-8-6-4-2)38-57-47-46(52)45(51)44(50)41(59-47)39-60(53,54)55/h17-18,20-21,23-24,27,29,40-41,44-47,50-52H,3-16,19,22,25-26,28,30-39H2,1-2H3,(H,53,54,55)/b18-17+,21-20+,24-23+,29-27+/t40-,41-,44-,45?,46?,47+/m1/s1. The lowest BCUT2D eigenvalue weighted by atomic mass is 10.00. The van der Waals surface area contributed by atoms with Crippen LogP contribution in [-0.2, 0) is 38.7 Å². The molecular formula is C47H82O12S. The maximum atomic E-state index is 12.8. The molecule has 0 saturated carbocycles. The fraction of sp³-hybridized carbons (Fsp3) is 0.787. The third kappa shape index (κ3) is 31.5. The molecule has 0 aromatic rings. The molecule has 1 heterocycles. The van der Waals surface area contributed by atoms with Gasteiger partial charge in [-0.25, -0.2) is 0 Å². The molecule has 12 nitrogen and oxygen atoms in total. The van der Waals surface area contributed by atoms with Gasteiger partial charge in [-0.15, -0.1) is 0 Å². The Morgan fingerprint density at radius 3 is 1.53 bits per heavy atom. The van der Waals surface area contributed by atoms with Crippen molar-refractivity contribution in [3.05, 3.63) is 48.6 Å². The summed E-state index contributed by atoms with van der Waals surface area (Å²) >= 11 is 0. The van der Waals surface area contributed by atoms with Crippen LogP contribution in [0.1, 0.15) is 181 Å². The minimum Gasteiger partial charge on any atom is -0.462 e. The predicted octanol–water partition coefficient (Wildman–Crippen LogP) is 9.56. The molecule has 1 fully saturated rings. The highest BCUT2D eigenvalue weighted by atomic mass is 32.2. The second-order valence-corrected chi connectivity index (χ2v) is 17.6. The molecule has 1 saturated heterocycles. The summed E-state index contributed by atoms with van der Waals surface area (Å²) in [7, 11) is -4.61. The van der Waals surface area contributed by atoms with E-state index in [1.807, 2.05) is 6.08 Å². The van der Waals surface area contributed by atoms with E-state index in [2.05, 4.69) is 56.4 Å². The Balaban J connectivity index is 2.45. The van der Waals surface area contributed by atoms with Gasteiger partial charge < -0.3 is 34.3 Å². The average Bonchev–Trinajstić information content (AvgIpc) is 3.21. The van der Waals surface area contributed by atoms with Crippen LogP contribution in [0.3, 0.4) is 0 Å². The molecule has 348 valence electrons. The van der Waals surface area contributed by atoms with Crippen molar-refractivity contribution >= 4 is 22.1 Å².